The van der Waals surface area contributed by atoms with Gasteiger partial charge >= 0.3 is 0 Å². The van der Waals surface area contributed by atoms with Crippen molar-refractivity contribution < 1.29 is 13.9 Å². The predicted octanol–water partition coefficient (Wildman–Crippen LogP) is 4.29. The van der Waals surface area contributed by atoms with Gasteiger partial charge in [-0.3, -0.25) is 4.79 Å². The van der Waals surface area contributed by atoms with E-state index in [2.05, 4.69) is 16.4 Å². The van der Waals surface area contributed by atoms with Gasteiger partial charge in [-0.1, -0.05) is 23.8 Å². The van der Waals surface area contributed by atoms with Crippen LogP contribution in [0.15, 0.2) is 46.5 Å². The highest BCUT2D eigenvalue weighted by molar-refractivity contribution is 5.76. The van der Waals surface area contributed by atoms with Gasteiger partial charge in [0.25, 0.3) is 0 Å². The minimum atomic E-state index is 0.0440. The Labute approximate surface area is 154 Å². The predicted molar refractivity (Wildman–Crippen MR) is 101 cm³/mol. The minimum Gasteiger partial charge on any atom is -0.497 e. The maximum atomic E-state index is 12.0. The van der Waals surface area contributed by atoms with Crippen LogP contribution in [-0.4, -0.2) is 24.5 Å². The summed E-state index contributed by atoms with van der Waals surface area (Å²) >= 11 is 0. The molecule has 0 bridgehead atoms. The topological polar surface area (TPSA) is 64.4 Å². The van der Waals surface area contributed by atoms with Crippen LogP contribution in [0.4, 0.5) is 0 Å². The number of amides is 1. The fraction of sp³-hybridized carbons (Fsp3) is 0.429. The first-order valence-electron chi connectivity index (χ1n) is 9.28. The maximum absolute atomic E-state index is 12.0. The number of carbonyl (C=O) groups excluding carboxylic acids is 1. The number of hydrogen-bond acceptors (Lipinski definition) is 4. The average Bonchev–Trinajstić information content (AvgIpc) is 3.16. The number of hydrogen-bond donors (Lipinski definition) is 1. The van der Waals surface area contributed by atoms with Crippen LogP contribution in [0.3, 0.4) is 0 Å². The zero-order valence-electron chi connectivity index (χ0n) is 15.3. The number of benzene rings is 1. The quantitative estimate of drug-likeness (QED) is 0.718. The molecule has 0 aliphatic heterocycles. The lowest BCUT2D eigenvalue weighted by molar-refractivity contribution is -0.121. The van der Waals surface area contributed by atoms with Crippen LogP contribution < -0.4 is 10.1 Å². The molecule has 0 radical (unpaired) electrons. The molecule has 0 spiro atoms. The van der Waals surface area contributed by atoms with E-state index in [1.807, 2.05) is 24.3 Å². The van der Waals surface area contributed by atoms with Gasteiger partial charge in [-0.15, -0.1) is 0 Å². The molecule has 0 saturated carbocycles. The second kappa shape index (κ2) is 9.22. The Morgan fingerprint density at radius 2 is 2.23 bits per heavy atom. The van der Waals surface area contributed by atoms with E-state index in [9.17, 15) is 4.79 Å². The molecule has 1 heterocycles. The number of carbonyl (C=O) groups is 1. The highest BCUT2D eigenvalue weighted by atomic mass is 16.5. The summed E-state index contributed by atoms with van der Waals surface area (Å²) in [6.07, 6.45) is 10.8. The van der Waals surface area contributed by atoms with Gasteiger partial charge in [0.05, 0.1) is 13.3 Å². The van der Waals surface area contributed by atoms with Crippen molar-refractivity contribution in [2.24, 2.45) is 0 Å². The number of nitrogens with one attached hydrogen (secondary N) is 1. The molecular weight excluding hydrogens is 328 g/mol. The van der Waals surface area contributed by atoms with Gasteiger partial charge in [0.2, 0.25) is 5.91 Å². The largest absolute Gasteiger partial charge is 0.497 e. The van der Waals surface area contributed by atoms with Crippen LogP contribution in [0, 0.1) is 0 Å². The Bertz CT molecular complexity index is 764. The summed E-state index contributed by atoms with van der Waals surface area (Å²) < 4.78 is 11.0. The second-order valence-electron chi connectivity index (χ2n) is 6.56. The number of aromatic nitrogens is 1. The van der Waals surface area contributed by atoms with Crippen LogP contribution in [0.5, 0.6) is 5.75 Å². The third kappa shape index (κ3) is 5.22. The molecule has 3 rings (SSSR count). The van der Waals surface area contributed by atoms with E-state index in [0.717, 1.165) is 17.7 Å². The van der Waals surface area contributed by atoms with E-state index in [-0.39, 0.29) is 5.91 Å². The summed E-state index contributed by atoms with van der Waals surface area (Å²) in [5.74, 6) is 2.08. The van der Waals surface area contributed by atoms with Gasteiger partial charge in [0, 0.05) is 24.9 Å². The zero-order chi connectivity index (χ0) is 18.2. The molecule has 1 N–H and O–H groups in total. The Balaban J connectivity index is 1.44. The fourth-order valence-electron chi connectivity index (χ4n) is 3.14. The molecule has 1 aliphatic carbocycles. The summed E-state index contributed by atoms with van der Waals surface area (Å²) in [4.78, 5) is 16.3. The summed E-state index contributed by atoms with van der Waals surface area (Å²) in [5, 5.41) is 2.99. The van der Waals surface area contributed by atoms with Crippen molar-refractivity contribution in [3.8, 4) is 17.1 Å². The van der Waals surface area contributed by atoms with Gasteiger partial charge in [-0.25, -0.2) is 4.98 Å². The smallest absolute Gasteiger partial charge is 0.220 e. The summed E-state index contributed by atoms with van der Waals surface area (Å²) in [6.45, 7) is 0.714. The van der Waals surface area contributed by atoms with E-state index in [1.165, 1.54) is 31.3 Å². The van der Waals surface area contributed by atoms with Crippen LogP contribution >= 0.6 is 0 Å². The van der Waals surface area contributed by atoms with Gasteiger partial charge in [-0.2, -0.15) is 0 Å². The molecule has 2 aromatic rings. The van der Waals surface area contributed by atoms with Crippen molar-refractivity contribution in [3.63, 3.8) is 0 Å². The molecule has 5 heteroatoms. The Morgan fingerprint density at radius 1 is 1.31 bits per heavy atom. The zero-order valence-corrected chi connectivity index (χ0v) is 15.3. The van der Waals surface area contributed by atoms with Gasteiger partial charge in [-0.05, 0) is 44.2 Å². The standard InChI is InChI=1S/C21H26N2O3/c1-25-18-9-5-8-17(14-18)19-15-23-21(26-19)11-10-20(24)22-13-12-16-6-3-2-4-7-16/h5-6,8-9,14-15H,2-4,7,10-13H2,1H3,(H,22,24). The lowest BCUT2D eigenvalue weighted by Crippen LogP contribution is -2.25. The third-order valence-corrected chi connectivity index (χ3v) is 4.63. The van der Waals surface area contributed by atoms with Crippen molar-refractivity contribution >= 4 is 5.91 Å². The maximum Gasteiger partial charge on any atom is 0.220 e. The van der Waals surface area contributed by atoms with E-state index >= 15 is 0 Å². The average molecular weight is 354 g/mol. The molecule has 138 valence electrons. The lowest BCUT2D eigenvalue weighted by atomic mass is 9.97. The number of allylic oxidation sites excluding steroid dienone is 1. The first kappa shape index (κ1) is 18.2. The minimum absolute atomic E-state index is 0.0440. The van der Waals surface area contributed by atoms with Crippen molar-refractivity contribution in [2.45, 2.75) is 44.9 Å². The van der Waals surface area contributed by atoms with Gasteiger partial charge < -0.3 is 14.5 Å². The highest BCUT2D eigenvalue weighted by Gasteiger charge is 2.10. The molecule has 1 aliphatic rings. The molecule has 1 aromatic heterocycles. The SMILES string of the molecule is COc1cccc(-c2cnc(CCC(=O)NCCC3=CCCCC3)o2)c1. The fourth-order valence-corrected chi connectivity index (χ4v) is 3.14. The molecule has 0 fully saturated rings. The normalized spacial score (nSPS) is 14.0. The van der Waals surface area contributed by atoms with Crippen molar-refractivity contribution in [1.82, 2.24) is 10.3 Å². The molecular formula is C21H26N2O3. The van der Waals surface area contributed by atoms with Crippen LogP contribution in [-0.2, 0) is 11.2 Å². The number of methoxy groups -OCH3 is 1. The molecule has 26 heavy (non-hydrogen) atoms. The first-order valence-corrected chi connectivity index (χ1v) is 9.28. The van der Waals surface area contributed by atoms with Crippen molar-refractivity contribution in [2.75, 3.05) is 13.7 Å². The van der Waals surface area contributed by atoms with Crippen LogP contribution in [0.25, 0.3) is 11.3 Å². The first-order chi connectivity index (χ1) is 12.7. The second-order valence-corrected chi connectivity index (χ2v) is 6.56. The Kier molecular flexibility index (Phi) is 6.47. The number of rotatable bonds is 8. The summed E-state index contributed by atoms with van der Waals surface area (Å²) in [7, 11) is 1.63. The van der Waals surface area contributed by atoms with Gasteiger partial charge in [0.15, 0.2) is 11.7 Å². The lowest BCUT2D eigenvalue weighted by Gasteiger charge is -2.12. The third-order valence-electron chi connectivity index (χ3n) is 4.63. The van der Waals surface area contributed by atoms with E-state index in [0.29, 0.717) is 31.0 Å². The number of ether oxygens (including phenoxy) is 1. The Hall–Kier alpha value is -2.56. The van der Waals surface area contributed by atoms with Crippen molar-refractivity contribution in [3.05, 3.63) is 48.0 Å². The number of oxazole rings is 1. The highest BCUT2D eigenvalue weighted by Crippen LogP contribution is 2.24. The molecule has 5 nitrogen and oxygen atoms in total. The van der Waals surface area contributed by atoms with E-state index in [1.54, 1.807) is 13.3 Å². The molecule has 1 aromatic carbocycles. The summed E-state index contributed by atoms with van der Waals surface area (Å²) in [6, 6.07) is 7.64. The van der Waals surface area contributed by atoms with Crippen LogP contribution in [0.2, 0.25) is 0 Å². The Morgan fingerprint density at radius 3 is 3.04 bits per heavy atom. The number of aryl methyl sites for hydroxylation is 1. The summed E-state index contributed by atoms with van der Waals surface area (Å²) in [5.41, 5.74) is 2.39. The van der Waals surface area contributed by atoms with Crippen LogP contribution in [0.1, 0.15) is 44.4 Å². The molecule has 0 unspecified atom stereocenters. The molecule has 0 saturated heterocycles. The molecule has 1 amide bonds. The number of nitrogens with zero attached hydrogens (tertiary/aromatic N) is 1. The van der Waals surface area contributed by atoms with Crippen molar-refractivity contribution in [1.29, 1.82) is 0 Å². The molecule has 0 atom stereocenters. The van der Waals surface area contributed by atoms with Gasteiger partial charge in [0.1, 0.15) is 5.75 Å². The van der Waals surface area contributed by atoms with E-state index < -0.39 is 0 Å². The monoisotopic (exact) mass is 354 g/mol. The van der Waals surface area contributed by atoms with E-state index in [4.69, 9.17) is 9.15 Å².